The molecule has 1 aromatic carbocycles. The minimum Gasteiger partial charge on any atom is -0.481 e. The van der Waals surface area contributed by atoms with Gasteiger partial charge in [0, 0.05) is 5.56 Å². The maximum atomic E-state index is 10.2. The fraction of sp³-hybridized carbons (Fsp3) is 0.154. The maximum absolute atomic E-state index is 10.2. The van der Waals surface area contributed by atoms with Crippen LogP contribution in [0, 0.1) is 11.8 Å². The van der Waals surface area contributed by atoms with Crippen molar-refractivity contribution in [1.29, 1.82) is 0 Å². The van der Waals surface area contributed by atoms with Gasteiger partial charge in [0.05, 0.1) is 0 Å². The summed E-state index contributed by atoms with van der Waals surface area (Å²) in [5.41, 5.74) is 2.89. The lowest BCUT2D eigenvalue weighted by molar-refractivity contribution is -0.135. The van der Waals surface area contributed by atoms with Gasteiger partial charge in [-0.05, 0) is 24.6 Å². The molecule has 0 spiro atoms. The van der Waals surface area contributed by atoms with E-state index in [0.29, 0.717) is 0 Å². The molecule has 0 bridgehead atoms. The molecule has 15 heavy (non-hydrogen) atoms. The summed E-state index contributed by atoms with van der Waals surface area (Å²) >= 11 is 0. The van der Waals surface area contributed by atoms with Crippen LogP contribution >= 0.6 is 0 Å². The summed E-state index contributed by atoms with van der Waals surface area (Å²) in [4.78, 5) is 10.2. The molecule has 2 nitrogen and oxygen atoms in total. The molecule has 0 aliphatic carbocycles. The predicted molar refractivity (Wildman–Crippen MR) is 60.3 cm³/mol. The van der Waals surface area contributed by atoms with E-state index in [0.717, 1.165) is 16.7 Å². The highest BCUT2D eigenvalue weighted by atomic mass is 16.4. The normalized spacial score (nSPS) is 8.87. The molecule has 0 heterocycles. The Hall–Kier alpha value is -2.01. The average molecular weight is 200 g/mol. The lowest BCUT2D eigenvalue weighted by atomic mass is 10.1. The molecule has 0 radical (unpaired) electrons. The Kier molecular flexibility index (Phi) is 3.70. The van der Waals surface area contributed by atoms with E-state index in [9.17, 15) is 4.79 Å². The van der Waals surface area contributed by atoms with Gasteiger partial charge in [-0.3, -0.25) is 4.79 Å². The van der Waals surface area contributed by atoms with Crippen LogP contribution in [-0.2, 0) is 4.79 Å². The van der Waals surface area contributed by atoms with E-state index in [4.69, 9.17) is 5.11 Å². The fourth-order valence-corrected chi connectivity index (χ4v) is 1.06. The minimum absolute atomic E-state index is 0.123. The smallest absolute Gasteiger partial charge is 0.315 e. The number of hydrogen-bond acceptors (Lipinski definition) is 1. The van der Waals surface area contributed by atoms with Crippen LogP contribution in [-0.4, -0.2) is 11.1 Å². The summed E-state index contributed by atoms with van der Waals surface area (Å²) in [7, 11) is 0. The van der Waals surface area contributed by atoms with Crippen molar-refractivity contribution in [2.45, 2.75) is 13.3 Å². The van der Waals surface area contributed by atoms with Gasteiger partial charge in [0.1, 0.15) is 6.42 Å². The molecule has 0 amide bonds. The Morgan fingerprint density at radius 1 is 1.40 bits per heavy atom. The van der Waals surface area contributed by atoms with Crippen LogP contribution in [0.4, 0.5) is 0 Å². The van der Waals surface area contributed by atoms with E-state index < -0.39 is 5.97 Å². The number of aliphatic carboxylic acids is 1. The van der Waals surface area contributed by atoms with Crippen molar-refractivity contribution >= 4 is 11.5 Å². The highest BCUT2D eigenvalue weighted by Gasteiger charge is 1.93. The number of hydrogen-bond donors (Lipinski definition) is 1. The SMILES string of the molecule is C=C(C)c1ccc(C#CCC(=O)O)cc1. The molecular formula is C13H12O2. The summed E-state index contributed by atoms with van der Waals surface area (Å²) in [6.07, 6.45) is -0.123. The Bertz CT molecular complexity index is 430. The van der Waals surface area contributed by atoms with Crippen LogP contribution < -0.4 is 0 Å². The molecule has 0 aliphatic heterocycles. The summed E-state index contributed by atoms with van der Waals surface area (Å²) in [5, 5.41) is 8.39. The van der Waals surface area contributed by atoms with Crippen molar-refractivity contribution in [3.05, 3.63) is 42.0 Å². The van der Waals surface area contributed by atoms with Gasteiger partial charge in [0.2, 0.25) is 0 Å². The van der Waals surface area contributed by atoms with E-state index in [-0.39, 0.29) is 6.42 Å². The molecule has 1 N–H and O–H groups in total. The van der Waals surface area contributed by atoms with Gasteiger partial charge in [-0.2, -0.15) is 0 Å². The molecule has 1 rings (SSSR count). The van der Waals surface area contributed by atoms with Crippen molar-refractivity contribution in [1.82, 2.24) is 0 Å². The van der Waals surface area contributed by atoms with E-state index in [2.05, 4.69) is 18.4 Å². The highest BCUT2D eigenvalue weighted by molar-refractivity contribution is 5.70. The topological polar surface area (TPSA) is 37.3 Å². The van der Waals surface area contributed by atoms with E-state index in [1.807, 2.05) is 31.2 Å². The Labute approximate surface area is 89.3 Å². The highest BCUT2D eigenvalue weighted by Crippen LogP contribution is 2.11. The van der Waals surface area contributed by atoms with E-state index in [1.165, 1.54) is 0 Å². The average Bonchev–Trinajstić information content (AvgIpc) is 2.18. The molecule has 0 unspecified atom stereocenters. The van der Waals surface area contributed by atoms with Crippen LogP contribution in [0.3, 0.4) is 0 Å². The molecule has 0 atom stereocenters. The zero-order chi connectivity index (χ0) is 11.3. The van der Waals surface area contributed by atoms with Crippen molar-refractivity contribution < 1.29 is 9.90 Å². The van der Waals surface area contributed by atoms with Crippen molar-refractivity contribution in [3.63, 3.8) is 0 Å². The number of carbonyl (C=O) groups is 1. The summed E-state index contributed by atoms with van der Waals surface area (Å²) in [6, 6.07) is 7.57. The molecule has 0 aliphatic rings. The molecule has 0 saturated heterocycles. The largest absolute Gasteiger partial charge is 0.481 e. The molecule has 0 aromatic heterocycles. The quantitative estimate of drug-likeness (QED) is 0.745. The first-order chi connectivity index (χ1) is 7.09. The maximum Gasteiger partial charge on any atom is 0.315 e. The van der Waals surface area contributed by atoms with Crippen molar-refractivity contribution in [3.8, 4) is 11.8 Å². The van der Waals surface area contributed by atoms with E-state index in [1.54, 1.807) is 0 Å². The second kappa shape index (κ2) is 5.02. The summed E-state index contributed by atoms with van der Waals surface area (Å²) < 4.78 is 0. The molecule has 76 valence electrons. The first-order valence-electron chi connectivity index (χ1n) is 4.56. The van der Waals surface area contributed by atoms with Crippen LogP contribution in [0.15, 0.2) is 30.8 Å². The molecule has 0 saturated carbocycles. The van der Waals surface area contributed by atoms with Crippen LogP contribution in [0.5, 0.6) is 0 Å². The van der Waals surface area contributed by atoms with Gasteiger partial charge < -0.3 is 5.11 Å². The van der Waals surface area contributed by atoms with Gasteiger partial charge in [-0.15, -0.1) is 0 Å². The lowest BCUT2D eigenvalue weighted by Crippen LogP contribution is -1.90. The number of carboxylic acids is 1. The molecule has 1 aromatic rings. The first kappa shape index (κ1) is 11.1. The lowest BCUT2D eigenvalue weighted by Gasteiger charge is -1.98. The number of carboxylic acid groups (broad SMARTS) is 1. The summed E-state index contributed by atoms with van der Waals surface area (Å²) in [5.74, 6) is 4.46. The summed E-state index contributed by atoms with van der Waals surface area (Å²) in [6.45, 7) is 5.76. The van der Waals surface area contributed by atoms with Crippen molar-refractivity contribution in [2.75, 3.05) is 0 Å². The zero-order valence-electron chi connectivity index (χ0n) is 8.58. The Morgan fingerprint density at radius 3 is 2.47 bits per heavy atom. The van der Waals surface area contributed by atoms with Crippen LogP contribution in [0.1, 0.15) is 24.5 Å². The van der Waals surface area contributed by atoms with Gasteiger partial charge in [-0.1, -0.05) is 36.1 Å². The third kappa shape index (κ3) is 3.70. The third-order valence-electron chi connectivity index (χ3n) is 1.85. The number of rotatable bonds is 2. The zero-order valence-corrected chi connectivity index (χ0v) is 8.58. The first-order valence-corrected chi connectivity index (χ1v) is 4.56. The fourth-order valence-electron chi connectivity index (χ4n) is 1.06. The van der Waals surface area contributed by atoms with Crippen LogP contribution in [0.2, 0.25) is 0 Å². The van der Waals surface area contributed by atoms with Crippen LogP contribution in [0.25, 0.3) is 5.57 Å². The standard InChI is InChI=1S/C13H12O2/c1-10(2)12-8-6-11(7-9-12)4-3-5-13(14)15/h6-9H,1,5H2,2H3,(H,14,15). The second-order valence-electron chi connectivity index (χ2n) is 3.23. The van der Waals surface area contributed by atoms with Gasteiger partial charge in [-0.25, -0.2) is 0 Å². The van der Waals surface area contributed by atoms with E-state index >= 15 is 0 Å². The minimum atomic E-state index is -0.902. The second-order valence-corrected chi connectivity index (χ2v) is 3.23. The van der Waals surface area contributed by atoms with Crippen molar-refractivity contribution in [2.24, 2.45) is 0 Å². The predicted octanol–water partition coefficient (Wildman–Crippen LogP) is 2.55. The number of allylic oxidation sites excluding steroid dienone is 1. The third-order valence-corrected chi connectivity index (χ3v) is 1.85. The van der Waals surface area contributed by atoms with Gasteiger partial charge in [0.25, 0.3) is 0 Å². The monoisotopic (exact) mass is 200 g/mol. The Morgan fingerprint density at radius 2 is 2.00 bits per heavy atom. The van der Waals surface area contributed by atoms with Gasteiger partial charge >= 0.3 is 5.97 Å². The number of benzene rings is 1. The molecule has 0 fully saturated rings. The Balaban J connectivity index is 2.75. The molecule has 2 heteroatoms. The van der Waals surface area contributed by atoms with Gasteiger partial charge in [0.15, 0.2) is 0 Å². The molecular weight excluding hydrogens is 188 g/mol.